The van der Waals surface area contributed by atoms with Crippen LogP contribution in [0.15, 0.2) is 29.1 Å². The minimum Gasteiger partial charge on any atom is -0.472 e. The zero-order valence-corrected chi connectivity index (χ0v) is 16.0. The summed E-state index contributed by atoms with van der Waals surface area (Å²) in [4.78, 5) is 20.5. The molecule has 0 spiro atoms. The van der Waals surface area contributed by atoms with Gasteiger partial charge in [-0.2, -0.15) is 0 Å². The highest BCUT2D eigenvalue weighted by Gasteiger charge is 2.24. The number of aromatic amines is 1. The molecule has 1 saturated heterocycles. The van der Waals surface area contributed by atoms with Crippen molar-refractivity contribution in [3.63, 3.8) is 0 Å². The van der Waals surface area contributed by atoms with Crippen LogP contribution in [0.4, 0.5) is 0 Å². The molecule has 2 aromatic heterocycles. The van der Waals surface area contributed by atoms with Crippen LogP contribution in [-0.4, -0.2) is 60.1 Å². The fraction of sp³-hybridized carbons (Fsp3) is 0.550. The van der Waals surface area contributed by atoms with Crippen LogP contribution >= 0.6 is 0 Å². The first-order valence-corrected chi connectivity index (χ1v) is 9.25. The van der Waals surface area contributed by atoms with E-state index in [2.05, 4.69) is 29.9 Å². The summed E-state index contributed by atoms with van der Waals surface area (Å²) in [6.45, 7) is 7.86. The van der Waals surface area contributed by atoms with Crippen molar-refractivity contribution in [3.05, 3.63) is 47.2 Å². The zero-order valence-electron chi connectivity index (χ0n) is 16.0. The van der Waals surface area contributed by atoms with Crippen LogP contribution in [0.25, 0.3) is 0 Å². The number of furan rings is 1. The van der Waals surface area contributed by atoms with Gasteiger partial charge in [-0.15, -0.1) is 0 Å². The van der Waals surface area contributed by atoms with Gasteiger partial charge in [0.05, 0.1) is 25.2 Å². The van der Waals surface area contributed by atoms with Gasteiger partial charge in [-0.05, 0) is 50.6 Å². The number of likely N-dealkylation sites (N-methyl/N-ethyl adjacent to an activating group) is 1. The largest absolute Gasteiger partial charge is 0.472 e. The topological polar surface area (TPSA) is 61.7 Å². The Morgan fingerprint density at radius 2 is 2.27 bits per heavy atom. The third kappa shape index (κ3) is 4.99. The Morgan fingerprint density at radius 1 is 1.42 bits per heavy atom. The fourth-order valence-corrected chi connectivity index (χ4v) is 3.47. The number of carbonyl (C=O) groups excluding carboxylic acids is 1. The highest BCUT2D eigenvalue weighted by atomic mass is 16.5. The van der Waals surface area contributed by atoms with E-state index in [0.29, 0.717) is 25.9 Å². The number of amides is 1. The van der Waals surface area contributed by atoms with Gasteiger partial charge >= 0.3 is 0 Å². The van der Waals surface area contributed by atoms with Crippen molar-refractivity contribution in [2.45, 2.75) is 39.3 Å². The van der Waals surface area contributed by atoms with Crippen LogP contribution < -0.4 is 0 Å². The van der Waals surface area contributed by atoms with E-state index >= 15 is 0 Å². The molecule has 0 radical (unpaired) electrons. The van der Waals surface area contributed by atoms with Crippen molar-refractivity contribution in [1.29, 1.82) is 0 Å². The monoisotopic (exact) mass is 359 g/mol. The molecule has 26 heavy (non-hydrogen) atoms. The summed E-state index contributed by atoms with van der Waals surface area (Å²) in [5.74, 6) is 0.154. The summed E-state index contributed by atoms with van der Waals surface area (Å²) in [6, 6.07) is 4.04. The van der Waals surface area contributed by atoms with Crippen LogP contribution in [-0.2, 0) is 22.5 Å². The molecule has 1 N–H and O–H groups in total. The maximum Gasteiger partial charge on any atom is 0.223 e. The first kappa shape index (κ1) is 18.7. The lowest BCUT2D eigenvalue weighted by atomic mass is 10.1. The van der Waals surface area contributed by atoms with Crippen molar-refractivity contribution in [2.24, 2.45) is 0 Å². The quantitative estimate of drug-likeness (QED) is 0.825. The molecule has 0 saturated carbocycles. The highest BCUT2D eigenvalue weighted by molar-refractivity contribution is 5.76. The second kappa shape index (κ2) is 8.56. The van der Waals surface area contributed by atoms with E-state index in [1.54, 1.807) is 12.5 Å². The van der Waals surface area contributed by atoms with Crippen LogP contribution in [0, 0.1) is 13.8 Å². The van der Waals surface area contributed by atoms with Crippen LogP contribution in [0.1, 0.15) is 28.9 Å². The summed E-state index contributed by atoms with van der Waals surface area (Å²) < 4.78 is 11.0. The lowest BCUT2D eigenvalue weighted by Gasteiger charge is -2.34. The number of hydrogen-bond donors (Lipinski definition) is 1. The second-order valence-corrected chi connectivity index (χ2v) is 7.26. The van der Waals surface area contributed by atoms with Crippen molar-refractivity contribution in [2.75, 3.05) is 33.3 Å². The summed E-state index contributed by atoms with van der Waals surface area (Å²) in [7, 11) is 2.10. The van der Waals surface area contributed by atoms with Gasteiger partial charge in [-0.1, -0.05) is 0 Å². The minimum atomic E-state index is 0.0620. The van der Waals surface area contributed by atoms with Gasteiger partial charge in [0.25, 0.3) is 0 Å². The number of morpholine rings is 1. The summed E-state index contributed by atoms with van der Waals surface area (Å²) in [5, 5.41) is 0. The molecule has 6 heteroatoms. The van der Waals surface area contributed by atoms with E-state index in [-0.39, 0.29) is 12.0 Å². The third-order valence-corrected chi connectivity index (χ3v) is 4.94. The number of H-pyrrole nitrogens is 1. The first-order valence-electron chi connectivity index (χ1n) is 9.25. The van der Waals surface area contributed by atoms with E-state index in [4.69, 9.17) is 9.15 Å². The van der Waals surface area contributed by atoms with Crippen molar-refractivity contribution in [3.8, 4) is 0 Å². The molecule has 142 valence electrons. The number of aryl methyl sites for hydroxylation is 3. The molecular weight excluding hydrogens is 330 g/mol. The Kier molecular flexibility index (Phi) is 6.16. The molecule has 1 atom stereocenters. The Bertz CT molecular complexity index is 708. The van der Waals surface area contributed by atoms with Gasteiger partial charge in [0, 0.05) is 44.0 Å². The molecule has 1 aliphatic rings. The van der Waals surface area contributed by atoms with Crippen molar-refractivity contribution < 1.29 is 13.9 Å². The summed E-state index contributed by atoms with van der Waals surface area (Å²) in [5.41, 5.74) is 4.47. The molecule has 1 aliphatic heterocycles. The average molecular weight is 359 g/mol. The average Bonchev–Trinajstić information content (AvgIpc) is 3.22. The van der Waals surface area contributed by atoms with E-state index in [1.165, 1.54) is 5.56 Å². The summed E-state index contributed by atoms with van der Waals surface area (Å²) >= 11 is 0. The Hall–Kier alpha value is -2.05. The lowest BCUT2D eigenvalue weighted by molar-refractivity contribution is -0.135. The predicted octanol–water partition coefficient (Wildman–Crippen LogP) is 2.52. The van der Waals surface area contributed by atoms with Gasteiger partial charge in [-0.3, -0.25) is 4.79 Å². The molecule has 0 unspecified atom stereocenters. The van der Waals surface area contributed by atoms with Crippen molar-refractivity contribution >= 4 is 5.91 Å². The van der Waals surface area contributed by atoms with E-state index in [1.807, 2.05) is 17.9 Å². The number of hydrogen-bond acceptors (Lipinski definition) is 4. The molecule has 1 amide bonds. The van der Waals surface area contributed by atoms with Gasteiger partial charge < -0.3 is 23.9 Å². The lowest BCUT2D eigenvalue weighted by Crippen LogP contribution is -2.47. The number of nitrogens with zero attached hydrogens (tertiary/aromatic N) is 2. The Balaban J connectivity index is 1.67. The molecule has 0 aliphatic carbocycles. The predicted molar refractivity (Wildman–Crippen MR) is 99.9 cm³/mol. The zero-order chi connectivity index (χ0) is 18.5. The first-order chi connectivity index (χ1) is 12.5. The second-order valence-electron chi connectivity index (χ2n) is 7.26. The molecule has 0 aromatic carbocycles. The van der Waals surface area contributed by atoms with Crippen LogP contribution in [0.5, 0.6) is 0 Å². The normalized spacial score (nSPS) is 18.2. The van der Waals surface area contributed by atoms with E-state index < -0.39 is 0 Å². The van der Waals surface area contributed by atoms with E-state index in [0.717, 1.165) is 36.6 Å². The number of ether oxygens (including phenoxy) is 1. The molecule has 3 rings (SSSR count). The minimum absolute atomic E-state index is 0.0620. The Labute approximate surface area is 155 Å². The standard InChI is InChI=1S/C20H29N3O3/c1-15-10-18(16(2)21-15)11-23(13-19-12-22(3)7-9-26-19)20(24)5-4-17-6-8-25-14-17/h6,8,10,14,19,21H,4-5,7,9,11-13H2,1-3H3/t19-/m0/s1. The maximum atomic E-state index is 12.9. The van der Waals surface area contributed by atoms with Gasteiger partial charge in [0.15, 0.2) is 0 Å². The third-order valence-electron chi connectivity index (χ3n) is 4.94. The number of nitrogens with one attached hydrogen (secondary N) is 1. The number of rotatable bonds is 7. The van der Waals surface area contributed by atoms with Gasteiger partial charge in [-0.25, -0.2) is 0 Å². The molecule has 1 fully saturated rings. The maximum absolute atomic E-state index is 12.9. The number of aromatic nitrogens is 1. The molecule has 2 aromatic rings. The van der Waals surface area contributed by atoms with E-state index in [9.17, 15) is 4.79 Å². The smallest absolute Gasteiger partial charge is 0.223 e. The molecular formula is C20H29N3O3. The number of carbonyl (C=O) groups is 1. The molecule has 6 nitrogen and oxygen atoms in total. The highest BCUT2D eigenvalue weighted by Crippen LogP contribution is 2.16. The van der Waals surface area contributed by atoms with Gasteiger partial charge in [0.2, 0.25) is 5.91 Å². The molecule has 3 heterocycles. The van der Waals surface area contributed by atoms with Gasteiger partial charge in [0.1, 0.15) is 0 Å². The van der Waals surface area contributed by atoms with Crippen molar-refractivity contribution in [1.82, 2.24) is 14.8 Å². The molecule has 0 bridgehead atoms. The fourth-order valence-electron chi connectivity index (χ4n) is 3.47. The van der Waals surface area contributed by atoms with Crippen LogP contribution in [0.2, 0.25) is 0 Å². The summed E-state index contributed by atoms with van der Waals surface area (Å²) in [6.07, 6.45) is 4.59. The van der Waals surface area contributed by atoms with Crippen LogP contribution in [0.3, 0.4) is 0 Å². The SMILES string of the molecule is Cc1cc(CN(C[C@@H]2CN(C)CCO2)C(=O)CCc2ccoc2)c(C)[nH]1. The Morgan fingerprint density at radius 3 is 2.92 bits per heavy atom.